The molecule has 0 saturated carbocycles. The van der Waals surface area contributed by atoms with Crippen LogP contribution in [0.1, 0.15) is 30.1 Å². The zero-order valence-electron chi connectivity index (χ0n) is 12.1. The third-order valence-corrected chi connectivity index (χ3v) is 5.65. The summed E-state index contributed by atoms with van der Waals surface area (Å²) in [6.45, 7) is 3.75. The Kier molecular flexibility index (Phi) is 4.64. The largest absolute Gasteiger partial charge is 0.478 e. The van der Waals surface area contributed by atoms with E-state index in [2.05, 4.69) is 15.1 Å². The molecular formula is C12H20N4O4S. The van der Waals surface area contributed by atoms with Crippen molar-refractivity contribution in [1.82, 2.24) is 19.4 Å². The van der Waals surface area contributed by atoms with Crippen LogP contribution in [0.2, 0.25) is 0 Å². The lowest BCUT2D eigenvalue weighted by molar-refractivity contribution is 0.0692. The Morgan fingerprint density at radius 2 is 2.24 bits per heavy atom. The summed E-state index contributed by atoms with van der Waals surface area (Å²) < 4.78 is 26.9. The lowest BCUT2D eigenvalue weighted by atomic mass is 10.2. The molecule has 0 radical (unpaired) electrons. The maximum Gasteiger partial charge on any atom is 0.340 e. The molecule has 0 spiro atoms. The minimum Gasteiger partial charge on any atom is -0.478 e. The molecule has 1 aliphatic rings. The summed E-state index contributed by atoms with van der Waals surface area (Å²) >= 11 is 0. The van der Waals surface area contributed by atoms with Gasteiger partial charge >= 0.3 is 5.97 Å². The number of carboxylic acid groups (broad SMARTS) is 1. The zero-order chi connectivity index (χ0) is 15.6. The third kappa shape index (κ3) is 3.09. The van der Waals surface area contributed by atoms with E-state index in [-0.39, 0.29) is 16.6 Å². The van der Waals surface area contributed by atoms with Gasteiger partial charge in [-0.25, -0.2) is 13.2 Å². The monoisotopic (exact) mass is 316 g/mol. The molecule has 1 fully saturated rings. The minimum absolute atomic E-state index is 0.174. The van der Waals surface area contributed by atoms with Gasteiger partial charge in [0.1, 0.15) is 5.56 Å². The number of nitrogens with zero attached hydrogens (tertiary/aromatic N) is 3. The molecule has 1 unspecified atom stereocenters. The Morgan fingerprint density at radius 3 is 2.86 bits per heavy atom. The molecule has 0 amide bonds. The van der Waals surface area contributed by atoms with Crippen LogP contribution in [-0.4, -0.2) is 71.6 Å². The molecule has 1 atom stereocenters. The van der Waals surface area contributed by atoms with Gasteiger partial charge in [0.2, 0.25) is 0 Å². The lowest BCUT2D eigenvalue weighted by Gasteiger charge is -2.28. The highest BCUT2D eigenvalue weighted by Crippen LogP contribution is 2.23. The van der Waals surface area contributed by atoms with Crippen LogP contribution in [0, 0.1) is 0 Å². The Balaban J connectivity index is 2.41. The molecule has 118 valence electrons. The Labute approximate surface area is 123 Å². The molecule has 21 heavy (non-hydrogen) atoms. The molecule has 0 aliphatic carbocycles. The van der Waals surface area contributed by atoms with Gasteiger partial charge in [0.15, 0.2) is 5.03 Å². The van der Waals surface area contributed by atoms with Gasteiger partial charge in [-0.05, 0) is 26.4 Å². The van der Waals surface area contributed by atoms with Crippen LogP contribution in [0.25, 0.3) is 0 Å². The SMILES string of the molecule is CCC1CN(C)CCCN1S(=O)(=O)c1[nH]ncc1C(=O)O. The quantitative estimate of drug-likeness (QED) is 0.822. The first-order chi connectivity index (χ1) is 9.87. The van der Waals surface area contributed by atoms with Gasteiger partial charge in [-0.2, -0.15) is 9.40 Å². The number of carboxylic acids is 1. The number of sulfonamides is 1. The zero-order valence-corrected chi connectivity index (χ0v) is 12.9. The third-order valence-electron chi connectivity index (χ3n) is 3.72. The van der Waals surface area contributed by atoms with E-state index < -0.39 is 16.0 Å². The lowest BCUT2D eigenvalue weighted by Crippen LogP contribution is -2.43. The van der Waals surface area contributed by atoms with Gasteiger partial charge in [0.25, 0.3) is 10.0 Å². The fourth-order valence-electron chi connectivity index (χ4n) is 2.61. The molecular weight excluding hydrogens is 296 g/mol. The number of aromatic nitrogens is 2. The van der Waals surface area contributed by atoms with Gasteiger partial charge in [-0.15, -0.1) is 0 Å². The van der Waals surface area contributed by atoms with Crippen LogP contribution in [0.5, 0.6) is 0 Å². The Bertz CT molecular complexity index is 613. The predicted molar refractivity (Wildman–Crippen MR) is 75.6 cm³/mol. The summed E-state index contributed by atoms with van der Waals surface area (Å²) in [5.74, 6) is -1.30. The van der Waals surface area contributed by atoms with Crippen molar-refractivity contribution in [3.05, 3.63) is 11.8 Å². The highest BCUT2D eigenvalue weighted by Gasteiger charge is 2.36. The van der Waals surface area contributed by atoms with E-state index in [9.17, 15) is 13.2 Å². The Morgan fingerprint density at radius 1 is 1.52 bits per heavy atom. The van der Waals surface area contributed by atoms with Crippen LogP contribution < -0.4 is 0 Å². The van der Waals surface area contributed by atoms with Gasteiger partial charge in [0, 0.05) is 19.1 Å². The molecule has 1 aliphatic heterocycles. The fourth-order valence-corrected chi connectivity index (χ4v) is 4.41. The van der Waals surface area contributed by atoms with Crippen molar-refractivity contribution in [2.75, 3.05) is 26.7 Å². The number of nitrogens with one attached hydrogen (secondary N) is 1. The first kappa shape index (κ1) is 15.9. The predicted octanol–water partition coefficient (Wildman–Crippen LogP) is 0.213. The number of hydrogen-bond donors (Lipinski definition) is 2. The smallest absolute Gasteiger partial charge is 0.340 e. The van der Waals surface area contributed by atoms with E-state index in [0.29, 0.717) is 25.9 Å². The molecule has 9 heteroatoms. The number of rotatable bonds is 4. The molecule has 1 aromatic rings. The summed E-state index contributed by atoms with van der Waals surface area (Å²) in [7, 11) is -1.94. The molecule has 1 saturated heterocycles. The molecule has 2 rings (SSSR count). The number of aromatic amines is 1. The van der Waals surface area contributed by atoms with Crippen molar-refractivity contribution in [3.8, 4) is 0 Å². The van der Waals surface area contributed by atoms with Crippen molar-refractivity contribution in [1.29, 1.82) is 0 Å². The van der Waals surface area contributed by atoms with Crippen LogP contribution >= 0.6 is 0 Å². The summed E-state index contributed by atoms with van der Waals surface area (Å²) in [4.78, 5) is 13.2. The standard InChI is InChI=1S/C12H20N4O4S/c1-3-9-8-15(2)5-4-6-16(9)21(19,20)11-10(12(17)18)7-13-14-11/h7,9H,3-6,8H2,1-2H3,(H,13,14)(H,17,18). The molecule has 2 heterocycles. The number of aromatic carboxylic acids is 1. The highest BCUT2D eigenvalue weighted by atomic mass is 32.2. The van der Waals surface area contributed by atoms with Crippen LogP contribution in [-0.2, 0) is 10.0 Å². The molecule has 0 aromatic carbocycles. The van der Waals surface area contributed by atoms with E-state index in [1.807, 2.05) is 14.0 Å². The summed E-state index contributed by atoms with van der Waals surface area (Å²) in [6, 6.07) is -0.174. The minimum atomic E-state index is -3.89. The second-order valence-corrected chi connectivity index (χ2v) is 7.04. The first-order valence-electron chi connectivity index (χ1n) is 6.85. The fraction of sp³-hybridized carbons (Fsp3) is 0.667. The molecule has 0 bridgehead atoms. The van der Waals surface area contributed by atoms with Crippen molar-refractivity contribution in [2.45, 2.75) is 30.8 Å². The van der Waals surface area contributed by atoms with E-state index in [1.54, 1.807) is 0 Å². The highest BCUT2D eigenvalue weighted by molar-refractivity contribution is 7.89. The van der Waals surface area contributed by atoms with Crippen molar-refractivity contribution in [2.24, 2.45) is 0 Å². The topological polar surface area (TPSA) is 107 Å². The normalized spacial score (nSPS) is 22.1. The summed E-state index contributed by atoms with van der Waals surface area (Å²) in [5, 5.41) is 14.6. The summed E-state index contributed by atoms with van der Waals surface area (Å²) in [6.07, 6.45) is 2.41. The van der Waals surface area contributed by atoms with Gasteiger partial charge in [-0.1, -0.05) is 6.92 Å². The number of likely N-dealkylation sites (N-methyl/N-ethyl adjacent to an activating group) is 1. The molecule has 1 aromatic heterocycles. The maximum atomic E-state index is 12.8. The van der Waals surface area contributed by atoms with E-state index in [0.717, 1.165) is 12.7 Å². The summed E-state index contributed by atoms with van der Waals surface area (Å²) in [5.41, 5.74) is -0.317. The van der Waals surface area contributed by atoms with Gasteiger partial charge in [0.05, 0.1) is 6.20 Å². The second-order valence-electron chi connectivity index (χ2n) is 5.21. The van der Waals surface area contributed by atoms with Crippen LogP contribution in [0.3, 0.4) is 0 Å². The average molecular weight is 316 g/mol. The van der Waals surface area contributed by atoms with E-state index >= 15 is 0 Å². The van der Waals surface area contributed by atoms with Crippen molar-refractivity contribution >= 4 is 16.0 Å². The number of carbonyl (C=O) groups is 1. The van der Waals surface area contributed by atoms with E-state index in [1.165, 1.54) is 4.31 Å². The number of hydrogen-bond acceptors (Lipinski definition) is 5. The van der Waals surface area contributed by atoms with Gasteiger partial charge in [-0.3, -0.25) is 5.10 Å². The maximum absolute atomic E-state index is 12.8. The van der Waals surface area contributed by atoms with E-state index in [4.69, 9.17) is 5.11 Å². The molecule has 2 N–H and O–H groups in total. The van der Waals surface area contributed by atoms with Crippen molar-refractivity contribution < 1.29 is 18.3 Å². The van der Waals surface area contributed by atoms with Crippen LogP contribution in [0.4, 0.5) is 0 Å². The average Bonchev–Trinajstić information content (AvgIpc) is 2.84. The number of H-pyrrole nitrogens is 1. The van der Waals surface area contributed by atoms with Crippen LogP contribution in [0.15, 0.2) is 11.2 Å². The van der Waals surface area contributed by atoms with Gasteiger partial charge < -0.3 is 10.0 Å². The Hall–Kier alpha value is -1.45. The first-order valence-corrected chi connectivity index (χ1v) is 8.29. The molecule has 8 nitrogen and oxygen atoms in total. The van der Waals surface area contributed by atoms with Crippen molar-refractivity contribution in [3.63, 3.8) is 0 Å². The second kappa shape index (κ2) is 6.12.